The predicted molar refractivity (Wildman–Crippen MR) is 121 cm³/mol. The Kier molecular flexibility index (Phi) is 4.06. The van der Waals surface area contributed by atoms with Crippen LogP contribution in [0.3, 0.4) is 0 Å². The van der Waals surface area contributed by atoms with Gasteiger partial charge in [0.05, 0.1) is 17.6 Å². The molecule has 3 heterocycles. The first-order valence-electron chi connectivity index (χ1n) is 11.1. The number of hydrogen-bond acceptors (Lipinski definition) is 6. The predicted octanol–water partition coefficient (Wildman–Crippen LogP) is 3.48. The lowest BCUT2D eigenvalue weighted by molar-refractivity contribution is 0.489. The first-order chi connectivity index (χ1) is 15.1. The maximum Gasteiger partial charge on any atom is 0.225 e. The summed E-state index contributed by atoms with van der Waals surface area (Å²) >= 11 is 0. The molecule has 2 fully saturated rings. The van der Waals surface area contributed by atoms with Gasteiger partial charge in [0.25, 0.3) is 0 Å². The van der Waals surface area contributed by atoms with E-state index < -0.39 is 0 Å². The molecule has 7 heteroatoms. The topological polar surface area (TPSA) is 62.1 Å². The third-order valence-corrected chi connectivity index (χ3v) is 6.88. The Hall–Kier alpha value is -3.35. The van der Waals surface area contributed by atoms with Gasteiger partial charge in [-0.15, -0.1) is 0 Å². The van der Waals surface area contributed by atoms with E-state index in [1.54, 1.807) is 0 Å². The average molecular weight is 414 g/mol. The molecule has 3 aromatic rings. The molecule has 1 aliphatic heterocycles. The Morgan fingerprint density at radius 1 is 1.06 bits per heavy atom. The molecular formula is C24H27N7. The SMILES string of the molecule is C=C1N(C)CCN1c1ccnc(NC2(c3cn(-c4ccc5c(c4)CCC5)cn3)CC2)n1. The first kappa shape index (κ1) is 18.4. The zero-order chi connectivity index (χ0) is 21.0. The number of nitrogens with one attached hydrogen (secondary N) is 1. The molecular weight excluding hydrogens is 386 g/mol. The second-order valence-corrected chi connectivity index (χ2v) is 8.91. The summed E-state index contributed by atoms with van der Waals surface area (Å²) in [5, 5.41) is 3.57. The highest BCUT2D eigenvalue weighted by atomic mass is 15.4. The van der Waals surface area contributed by atoms with Gasteiger partial charge in [-0.05, 0) is 61.4 Å². The Balaban J connectivity index is 1.23. The Bertz CT molecular complexity index is 1160. The molecule has 7 nitrogen and oxygen atoms in total. The van der Waals surface area contributed by atoms with Crippen molar-refractivity contribution in [3.05, 3.63) is 72.2 Å². The fourth-order valence-corrected chi connectivity index (χ4v) is 4.73. The van der Waals surface area contributed by atoms with E-state index in [-0.39, 0.29) is 5.54 Å². The lowest BCUT2D eigenvalue weighted by Crippen LogP contribution is -2.23. The third-order valence-electron chi connectivity index (χ3n) is 6.88. The molecule has 0 spiro atoms. The highest BCUT2D eigenvalue weighted by Crippen LogP contribution is 2.47. The molecule has 0 radical (unpaired) electrons. The van der Waals surface area contributed by atoms with E-state index >= 15 is 0 Å². The minimum absolute atomic E-state index is 0.181. The average Bonchev–Trinajstić information content (AvgIpc) is 3.15. The summed E-state index contributed by atoms with van der Waals surface area (Å²) in [5.74, 6) is 2.50. The maximum atomic E-state index is 4.78. The van der Waals surface area contributed by atoms with E-state index in [9.17, 15) is 0 Å². The van der Waals surface area contributed by atoms with Crippen LogP contribution in [0.5, 0.6) is 0 Å². The molecule has 31 heavy (non-hydrogen) atoms. The van der Waals surface area contributed by atoms with Crippen molar-refractivity contribution in [2.45, 2.75) is 37.6 Å². The first-order valence-corrected chi connectivity index (χ1v) is 11.1. The molecule has 0 amide bonds. The van der Waals surface area contributed by atoms with Crippen LogP contribution in [0.2, 0.25) is 0 Å². The molecule has 0 atom stereocenters. The number of rotatable bonds is 5. The zero-order valence-electron chi connectivity index (χ0n) is 17.9. The van der Waals surface area contributed by atoms with Crippen LogP contribution < -0.4 is 10.2 Å². The van der Waals surface area contributed by atoms with Gasteiger partial charge in [0.15, 0.2) is 0 Å². The summed E-state index contributed by atoms with van der Waals surface area (Å²) in [7, 11) is 2.05. The van der Waals surface area contributed by atoms with Gasteiger partial charge in [0.2, 0.25) is 5.95 Å². The summed E-state index contributed by atoms with van der Waals surface area (Å²) in [6.07, 6.45) is 11.6. The zero-order valence-corrected chi connectivity index (χ0v) is 17.9. The van der Waals surface area contributed by atoms with Gasteiger partial charge >= 0.3 is 0 Å². The van der Waals surface area contributed by atoms with Gasteiger partial charge in [-0.25, -0.2) is 9.97 Å². The normalized spacial score (nSPS) is 19.1. The molecule has 2 aliphatic carbocycles. The summed E-state index contributed by atoms with van der Waals surface area (Å²) in [5.41, 5.74) is 5.02. The fourth-order valence-electron chi connectivity index (χ4n) is 4.73. The smallest absolute Gasteiger partial charge is 0.225 e. The van der Waals surface area contributed by atoms with Gasteiger partial charge in [0.1, 0.15) is 11.6 Å². The molecule has 0 bridgehead atoms. The minimum atomic E-state index is -0.181. The van der Waals surface area contributed by atoms with Gasteiger partial charge < -0.3 is 19.7 Å². The number of benzene rings is 1. The third kappa shape index (κ3) is 3.15. The van der Waals surface area contributed by atoms with Crippen LogP contribution >= 0.6 is 0 Å². The molecule has 1 saturated carbocycles. The number of hydrogen-bond donors (Lipinski definition) is 1. The Morgan fingerprint density at radius 2 is 1.94 bits per heavy atom. The number of anilines is 2. The largest absolute Gasteiger partial charge is 0.360 e. The molecule has 1 N–H and O–H groups in total. The van der Waals surface area contributed by atoms with Crippen molar-refractivity contribution in [2.24, 2.45) is 0 Å². The van der Waals surface area contributed by atoms with E-state index in [0.717, 1.165) is 43.3 Å². The van der Waals surface area contributed by atoms with Crippen LogP contribution in [0.4, 0.5) is 11.8 Å². The van der Waals surface area contributed by atoms with Crippen molar-refractivity contribution in [1.29, 1.82) is 0 Å². The van der Waals surface area contributed by atoms with Crippen LogP contribution in [-0.2, 0) is 18.4 Å². The summed E-state index contributed by atoms with van der Waals surface area (Å²) in [6, 6.07) is 8.73. The molecule has 158 valence electrons. The van der Waals surface area contributed by atoms with E-state index in [1.165, 1.54) is 36.1 Å². The van der Waals surface area contributed by atoms with E-state index in [4.69, 9.17) is 9.97 Å². The van der Waals surface area contributed by atoms with Crippen LogP contribution in [0, 0.1) is 0 Å². The van der Waals surface area contributed by atoms with Crippen LogP contribution in [0.1, 0.15) is 36.1 Å². The van der Waals surface area contributed by atoms with Crippen LogP contribution in [-0.4, -0.2) is 44.6 Å². The molecule has 1 aromatic carbocycles. The van der Waals surface area contributed by atoms with Gasteiger partial charge in [-0.1, -0.05) is 12.6 Å². The molecule has 3 aliphatic rings. The van der Waals surface area contributed by atoms with Crippen molar-refractivity contribution in [2.75, 3.05) is 30.4 Å². The summed E-state index contributed by atoms with van der Waals surface area (Å²) < 4.78 is 2.14. The standard InChI is InChI=1S/C24H27N7/c1-17-29(2)12-13-31(17)22-8-11-25-23(27-22)28-24(9-10-24)21-15-30(16-26-21)20-7-6-18-4-3-5-19(18)14-20/h6-8,11,14-16H,1,3-5,9-10,12-13H2,2H3,(H,25,27,28). The Morgan fingerprint density at radius 3 is 2.74 bits per heavy atom. The van der Waals surface area contributed by atoms with Crippen LogP contribution in [0.15, 0.2) is 55.4 Å². The van der Waals surface area contributed by atoms with Crippen molar-refractivity contribution in [3.8, 4) is 5.69 Å². The monoisotopic (exact) mass is 413 g/mol. The van der Waals surface area contributed by atoms with Crippen molar-refractivity contribution in [3.63, 3.8) is 0 Å². The lowest BCUT2D eigenvalue weighted by atomic mass is 10.1. The number of likely N-dealkylation sites (N-methyl/N-ethyl adjacent to an activating group) is 1. The number of imidazole rings is 1. The van der Waals surface area contributed by atoms with Crippen molar-refractivity contribution >= 4 is 11.8 Å². The molecule has 6 rings (SSSR count). The van der Waals surface area contributed by atoms with Crippen molar-refractivity contribution < 1.29 is 0 Å². The number of aromatic nitrogens is 4. The number of aryl methyl sites for hydroxylation is 2. The van der Waals surface area contributed by atoms with E-state index in [0.29, 0.717) is 5.95 Å². The minimum Gasteiger partial charge on any atom is -0.360 e. The second-order valence-electron chi connectivity index (χ2n) is 8.91. The quantitative estimate of drug-likeness (QED) is 0.691. The van der Waals surface area contributed by atoms with Crippen LogP contribution in [0.25, 0.3) is 5.69 Å². The molecule has 1 saturated heterocycles. The number of fused-ring (bicyclic) bond motifs is 1. The van der Waals surface area contributed by atoms with Crippen molar-refractivity contribution in [1.82, 2.24) is 24.4 Å². The number of nitrogens with zero attached hydrogens (tertiary/aromatic N) is 6. The Labute approximate surface area is 182 Å². The summed E-state index contributed by atoms with van der Waals surface area (Å²) in [4.78, 5) is 18.3. The van der Waals surface area contributed by atoms with E-state index in [1.807, 2.05) is 18.6 Å². The van der Waals surface area contributed by atoms with Gasteiger partial charge in [-0.3, -0.25) is 0 Å². The highest BCUT2D eigenvalue weighted by molar-refractivity contribution is 5.51. The summed E-state index contributed by atoms with van der Waals surface area (Å²) in [6.45, 7) is 6.01. The second kappa shape index (κ2) is 6.83. The van der Waals surface area contributed by atoms with Gasteiger partial charge in [0, 0.05) is 38.2 Å². The highest BCUT2D eigenvalue weighted by Gasteiger charge is 2.47. The molecule has 2 aromatic heterocycles. The fraction of sp³-hybridized carbons (Fsp3) is 0.375. The molecule has 0 unspecified atom stereocenters. The van der Waals surface area contributed by atoms with E-state index in [2.05, 4.69) is 62.7 Å². The lowest BCUT2D eigenvalue weighted by Gasteiger charge is -2.21. The van der Waals surface area contributed by atoms with Gasteiger partial charge in [-0.2, -0.15) is 4.98 Å². The maximum absolute atomic E-state index is 4.78.